The summed E-state index contributed by atoms with van der Waals surface area (Å²) in [6.07, 6.45) is 1.11. The highest BCUT2D eigenvalue weighted by Crippen LogP contribution is 2.20. The van der Waals surface area contributed by atoms with Gasteiger partial charge in [0.05, 0.1) is 4.90 Å². The Hall–Kier alpha value is -1.60. The van der Waals surface area contributed by atoms with Gasteiger partial charge < -0.3 is 15.5 Å². The van der Waals surface area contributed by atoms with Crippen LogP contribution in [0.15, 0.2) is 23.1 Å². The van der Waals surface area contributed by atoms with Crippen LogP contribution in [0.2, 0.25) is 0 Å². The number of benzene rings is 1. The van der Waals surface area contributed by atoms with E-state index in [9.17, 15) is 13.2 Å². The number of likely N-dealkylation sites (N-methyl/N-ethyl adjacent to an activating group) is 1. The number of hydrogen-bond acceptors (Lipinski definition) is 5. The van der Waals surface area contributed by atoms with E-state index in [1.807, 2.05) is 14.0 Å². The molecule has 1 heterocycles. The van der Waals surface area contributed by atoms with E-state index >= 15 is 0 Å². The molecule has 1 saturated heterocycles. The topological polar surface area (TPSA) is 83.7 Å². The van der Waals surface area contributed by atoms with Crippen molar-refractivity contribution >= 4 is 21.4 Å². The van der Waals surface area contributed by atoms with Gasteiger partial charge in [0.25, 0.3) is 5.91 Å². The zero-order valence-corrected chi connectivity index (χ0v) is 13.4. The highest BCUT2D eigenvalue weighted by atomic mass is 32.2. The van der Waals surface area contributed by atoms with E-state index in [4.69, 9.17) is 5.73 Å². The van der Waals surface area contributed by atoms with Crippen molar-refractivity contribution in [3.05, 3.63) is 23.8 Å². The first-order valence-corrected chi connectivity index (χ1v) is 8.68. The maximum absolute atomic E-state index is 12.6. The molecule has 0 radical (unpaired) electrons. The summed E-state index contributed by atoms with van der Waals surface area (Å²) >= 11 is 0. The number of anilines is 1. The number of hydrogen-bond donors (Lipinski definition) is 1. The molecule has 1 unspecified atom stereocenters. The Kier molecular flexibility index (Phi) is 4.25. The van der Waals surface area contributed by atoms with E-state index < -0.39 is 9.84 Å². The van der Waals surface area contributed by atoms with Gasteiger partial charge in [0.2, 0.25) is 0 Å². The number of nitrogens with zero attached hydrogens (tertiary/aromatic N) is 2. The SMILES string of the molecule is CC1CN(C)CCN1C(=O)c1cc(N)cc(S(C)(=O)=O)c1. The average Bonchev–Trinajstić information content (AvgIpc) is 2.36. The molecule has 2 rings (SSSR count). The predicted molar refractivity (Wildman–Crippen MR) is 82.0 cm³/mol. The van der Waals surface area contributed by atoms with E-state index in [0.29, 0.717) is 12.1 Å². The van der Waals surface area contributed by atoms with Gasteiger partial charge in [-0.2, -0.15) is 0 Å². The fourth-order valence-electron chi connectivity index (χ4n) is 2.57. The minimum Gasteiger partial charge on any atom is -0.399 e. The smallest absolute Gasteiger partial charge is 0.254 e. The van der Waals surface area contributed by atoms with Gasteiger partial charge in [0.1, 0.15) is 0 Å². The molecule has 0 aromatic heterocycles. The molecule has 0 aliphatic carbocycles. The molecule has 0 bridgehead atoms. The number of piperazine rings is 1. The number of carbonyl (C=O) groups is 1. The summed E-state index contributed by atoms with van der Waals surface area (Å²) in [6.45, 7) is 4.21. The van der Waals surface area contributed by atoms with Crippen LogP contribution in [0.4, 0.5) is 5.69 Å². The molecule has 21 heavy (non-hydrogen) atoms. The third kappa shape index (κ3) is 3.54. The fourth-order valence-corrected chi connectivity index (χ4v) is 3.26. The van der Waals surface area contributed by atoms with Crippen molar-refractivity contribution in [2.24, 2.45) is 0 Å². The Morgan fingerprint density at radius 1 is 1.29 bits per heavy atom. The maximum atomic E-state index is 12.6. The van der Waals surface area contributed by atoms with E-state index in [1.165, 1.54) is 18.2 Å². The Morgan fingerprint density at radius 2 is 1.95 bits per heavy atom. The molecular weight excluding hydrogens is 290 g/mol. The highest BCUT2D eigenvalue weighted by Gasteiger charge is 2.27. The molecule has 7 heteroatoms. The lowest BCUT2D eigenvalue weighted by Crippen LogP contribution is -2.52. The van der Waals surface area contributed by atoms with Crippen LogP contribution in [0.3, 0.4) is 0 Å². The summed E-state index contributed by atoms with van der Waals surface area (Å²) in [7, 11) is -1.38. The first-order chi connectivity index (χ1) is 9.68. The Balaban J connectivity index is 2.33. The minimum atomic E-state index is -3.39. The summed E-state index contributed by atoms with van der Waals surface area (Å²) in [5.41, 5.74) is 6.34. The quantitative estimate of drug-likeness (QED) is 0.802. The Bertz CT molecular complexity index is 657. The summed E-state index contributed by atoms with van der Waals surface area (Å²) in [5, 5.41) is 0. The lowest BCUT2D eigenvalue weighted by Gasteiger charge is -2.38. The van der Waals surface area contributed by atoms with Crippen LogP contribution in [0.25, 0.3) is 0 Å². The summed E-state index contributed by atoms with van der Waals surface area (Å²) in [6, 6.07) is 4.39. The maximum Gasteiger partial charge on any atom is 0.254 e. The summed E-state index contributed by atoms with van der Waals surface area (Å²) < 4.78 is 23.3. The van der Waals surface area contributed by atoms with Crippen LogP contribution in [0.1, 0.15) is 17.3 Å². The summed E-state index contributed by atoms with van der Waals surface area (Å²) in [4.78, 5) is 16.6. The van der Waals surface area contributed by atoms with E-state index in [-0.39, 0.29) is 22.5 Å². The molecular formula is C14H21N3O3S. The van der Waals surface area contributed by atoms with E-state index in [1.54, 1.807) is 4.90 Å². The van der Waals surface area contributed by atoms with Crippen molar-refractivity contribution in [2.75, 3.05) is 38.7 Å². The van der Waals surface area contributed by atoms with E-state index in [2.05, 4.69) is 4.90 Å². The van der Waals surface area contributed by atoms with Crippen molar-refractivity contribution in [2.45, 2.75) is 17.9 Å². The van der Waals surface area contributed by atoms with Crippen LogP contribution < -0.4 is 5.73 Å². The molecule has 1 aromatic carbocycles. The Labute approximate surface area is 125 Å². The molecule has 1 amide bonds. The largest absolute Gasteiger partial charge is 0.399 e. The van der Waals surface area contributed by atoms with Crippen molar-refractivity contribution < 1.29 is 13.2 Å². The lowest BCUT2D eigenvalue weighted by molar-refractivity contribution is 0.0533. The standard InChI is InChI=1S/C14H21N3O3S/c1-10-9-16(2)4-5-17(10)14(18)11-6-12(15)8-13(7-11)21(3,19)20/h6-8,10H,4-5,9,15H2,1-3H3. The number of rotatable bonds is 2. The molecule has 1 atom stereocenters. The second kappa shape index (κ2) is 5.65. The van der Waals surface area contributed by atoms with Crippen LogP contribution in [-0.4, -0.2) is 63.1 Å². The van der Waals surface area contributed by atoms with Gasteiger partial charge in [-0.25, -0.2) is 8.42 Å². The normalized spacial score (nSPS) is 20.5. The first-order valence-electron chi connectivity index (χ1n) is 6.78. The van der Waals surface area contributed by atoms with Crippen molar-refractivity contribution in [3.63, 3.8) is 0 Å². The van der Waals surface area contributed by atoms with Gasteiger partial charge in [-0.15, -0.1) is 0 Å². The molecule has 116 valence electrons. The van der Waals surface area contributed by atoms with Gasteiger partial charge in [-0.05, 0) is 32.2 Å². The van der Waals surface area contributed by atoms with Gasteiger partial charge in [-0.3, -0.25) is 4.79 Å². The molecule has 1 aromatic rings. The lowest BCUT2D eigenvalue weighted by atomic mass is 10.1. The third-order valence-corrected chi connectivity index (χ3v) is 4.79. The first kappa shape index (κ1) is 15.8. The molecule has 0 saturated carbocycles. The second-order valence-electron chi connectivity index (χ2n) is 5.67. The zero-order chi connectivity index (χ0) is 15.8. The van der Waals surface area contributed by atoms with E-state index in [0.717, 1.165) is 19.3 Å². The fraction of sp³-hybridized carbons (Fsp3) is 0.500. The molecule has 0 spiro atoms. The summed E-state index contributed by atoms with van der Waals surface area (Å²) in [5.74, 6) is -0.173. The van der Waals surface area contributed by atoms with Crippen molar-refractivity contribution in [1.29, 1.82) is 0 Å². The number of nitrogens with two attached hydrogens (primary N) is 1. The average molecular weight is 311 g/mol. The number of nitrogen functional groups attached to an aromatic ring is 1. The second-order valence-corrected chi connectivity index (χ2v) is 7.69. The number of carbonyl (C=O) groups excluding carboxylic acids is 1. The molecule has 6 nitrogen and oxygen atoms in total. The molecule has 1 aliphatic rings. The van der Waals surface area contributed by atoms with Crippen molar-refractivity contribution in [1.82, 2.24) is 9.80 Å². The van der Waals surface area contributed by atoms with Crippen LogP contribution in [-0.2, 0) is 9.84 Å². The predicted octanol–water partition coefficient (Wildman–Crippen LogP) is 0.448. The molecule has 2 N–H and O–H groups in total. The van der Waals surface area contributed by atoms with Crippen LogP contribution in [0, 0.1) is 0 Å². The Morgan fingerprint density at radius 3 is 2.52 bits per heavy atom. The van der Waals surface area contributed by atoms with Gasteiger partial charge >= 0.3 is 0 Å². The third-order valence-electron chi connectivity index (χ3n) is 3.70. The van der Waals surface area contributed by atoms with Crippen LogP contribution >= 0.6 is 0 Å². The van der Waals surface area contributed by atoms with Crippen LogP contribution in [0.5, 0.6) is 0 Å². The number of sulfone groups is 1. The number of amides is 1. The monoisotopic (exact) mass is 311 g/mol. The molecule has 1 aliphatic heterocycles. The highest BCUT2D eigenvalue weighted by molar-refractivity contribution is 7.90. The van der Waals surface area contributed by atoms with Crippen molar-refractivity contribution in [3.8, 4) is 0 Å². The molecule has 1 fully saturated rings. The van der Waals surface area contributed by atoms with Gasteiger partial charge in [0.15, 0.2) is 9.84 Å². The van der Waals surface area contributed by atoms with Gasteiger partial charge in [-0.1, -0.05) is 0 Å². The zero-order valence-electron chi connectivity index (χ0n) is 12.5. The van der Waals surface area contributed by atoms with Gasteiger partial charge in [0, 0.05) is 43.2 Å². The minimum absolute atomic E-state index is 0.0765.